The molecule has 0 bridgehead atoms. The smallest absolute Gasteiger partial charge is 0.271 e. The Bertz CT molecular complexity index is 749. The molecule has 2 aromatic rings. The van der Waals surface area contributed by atoms with E-state index in [1.165, 1.54) is 18.2 Å². The summed E-state index contributed by atoms with van der Waals surface area (Å²) in [6, 6.07) is 11.1. The van der Waals surface area contributed by atoms with E-state index in [4.69, 9.17) is 16.3 Å². The Kier molecular flexibility index (Phi) is 5.18. The molecule has 1 amide bonds. The van der Waals surface area contributed by atoms with Gasteiger partial charge in [-0.2, -0.15) is 0 Å². The van der Waals surface area contributed by atoms with Crippen molar-refractivity contribution in [3.05, 3.63) is 63.2 Å². The second-order valence-electron chi connectivity index (χ2n) is 4.99. The van der Waals surface area contributed by atoms with Gasteiger partial charge in [0.2, 0.25) is 0 Å². The van der Waals surface area contributed by atoms with Crippen molar-refractivity contribution in [3.63, 3.8) is 0 Å². The SMILES string of the molecule is Cc1cccc(OC(C)C(=O)Nc2cc([N+](=O)[O-])ccc2Cl)c1. The molecule has 0 aliphatic rings. The predicted octanol–water partition coefficient (Wildman–Crippen LogP) is 3.96. The van der Waals surface area contributed by atoms with E-state index in [2.05, 4.69) is 5.32 Å². The van der Waals surface area contributed by atoms with E-state index < -0.39 is 16.9 Å². The van der Waals surface area contributed by atoms with Gasteiger partial charge in [-0.1, -0.05) is 23.7 Å². The summed E-state index contributed by atoms with van der Waals surface area (Å²) in [6.07, 6.45) is -0.785. The zero-order valence-electron chi connectivity index (χ0n) is 12.6. The van der Waals surface area contributed by atoms with Crippen LogP contribution >= 0.6 is 11.6 Å². The van der Waals surface area contributed by atoms with Crippen LogP contribution in [0.4, 0.5) is 11.4 Å². The molecule has 0 aliphatic heterocycles. The summed E-state index contributed by atoms with van der Waals surface area (Å²) in [7, 11) is 0. The Labute approximate surface area is 138 Å². The van der Waals surface area contributed by atoms with E-state index >= 15 is 0 Å². The van der Waals surface area contributed by atoms with Crippen molar-refractivity contribution < 1.29 is 14.5 Å². The molecular weight excluding hydrogens is 320 g/mol. The molecule has 1 N–H and O–H groups in total. The van der Waals surface area contributed by atoms with Crippen molar-refractivity contribution in [3.8, 4) is 5.75 Å². The first kappa shape index (κ1) is 16.8. The minimum Gasteiger partial charge on any atom is -0.481 e. The maximum Gasteiger partial charge on any atom is 0.271 e. The third-order valence-electron chi connectivity index (χ3n) is 3.09. The minimum atomic E-state index is -0.785. The van der Waals surface area contributed by atoms with Gasteiger partial charge in [-0.25, -0.2) is 0 Å². The van der Waals surface area contributed by atoms with Gasteiger partial charge in [-0.05, 0) is 37.6 Å². The lowest BCUT2D eigenvalue weighted by Gasteiger charge is -2.15. The average molecular weight is 335 g/mol. The summed E-state index contributed by atoms with van der Waals surface area (Å²) in [5.41, 5.74) is 1.03. The zero-order valence-corrected chi connectivity index (χ0v) is 13.3. The van der Waals surface area contributed by atoms with Crippen LogP contribution in [0.25, 0.3) is 0 Å². The number of halogens is 1. The molecule has 0 aromatic heterocycles. The third-order valence-corrected chi connectivity index (χ3v) is 3.42. The molecule has 2 rings (SSSR count). The molecule has 0 radical (unpaired) electrons. The van der Waals surface area contributed by atoms with Gasteiger partial charge in [0.25, 0.3) is 11.6 Å². The Morgan fingerprint density at radius 1 is 1.30 bits per heavy atom. The normalized spacial score (nSPS) is 11.6. The third kappa shape index (κ3) is 4.43. The number of non-ortho nitro benzene ring substituents is 1. The van der Waals surface area contributed by atoms with Crippen LogP contribution < -0.4 is 10.1 Å². The Morgan fingerprint density at radius 2 is 2.04 bits per heavy atom. The molecule has 1 atom stereocenters. The number of rotatable bonds is 5. The molecule has 23 heavy (non-hydrogen) atoms. The number of carbonyl (C=O) groups excluding carboxylic acids is 1. The number of nitrogens with one attached hydrogen (secondary N) is 1. The summed E-state index contributed by atoms with van der Waals surface area (Å²) in [6.45, 7) is 3.50. The number of benzene rings is 2. The van der Waals surface area contributed by atoms with Crippen LogP contribution in [0.3, 0.4) is 0 Å². The highest BCUT2D eigenvalue weighted by Gasteiger charge is 2.18. The topological polar surface area (TPSA) is 81.5 Å². The van der Waals surface area contributed by atoms with Crippen LogP contribution in [0, 0.1) is 17.0 Å². The van der Waals surface area contributed by atoms with Crippen LogP contribution in [0.2, 0.25) is 5.02 Å². The first-order valence-electron chi connectivity index (χ1n) is 6.85. The molecule has 1 unspecified atom stereocenters. The number of carbonyl (C=O) groups is 1. The van der Waals surface area contributed by atoms with Crippen molar-refractivity contribution >= 4 is 28.9 Å². The fourth-order valence-electron chi connectivity index (χ4n) is 1.90. The first-order valence-corrected chi connectivity index (χ1v) is 7.23. The van der Waals surface area contributed by atoms with Gasteiger partial charge in [0.1, 0.15) is 5.75 Å². The van der Waals surface area contributed by atoms with Crippen molar-refractivity contribution in [2.45, 2.75) is 20.0 Å². The summed E-state index contributed by atoms with van der Waals surface area (Å²) < 4.78 is 5.56. The minimum absolute atomic E-state index is 0.156. The van der Waals surface area contributed by atoms with Gasteiger partial charge >= 0.3 is 0 Å². The lowest BCUT2D eigenvalue weighted by Crippen LogP contribution is -2.30. The molecule has 0 saturated carbocycles. The lowest BCUT2D eigenvalue weighted by molar-refractivity contribution is -0.384. The number of anilines is 1. The summed E-state index contributed by atoms with van der Waals surface area (Å²) >= 11 is 5.95. The Balaban J connectivity index is 2.09. The van der Waals surface area contributed by atoms with Gasteiger partial charge in [0.05, 0.1) is 15.6 Å². The summed E-state index contributed by atoms with van der Waals surface area (Å²) in [5.74, 6) is 0.117. The molecule has 7 heteroatoms. The fourth-order valence-corrected chi connectivity index (χ4v) is 2.07. The van der Waals surface area contributed by atoms with Crippen LogP contribution in [-0.4, -0.2) is 16.9 Å². The van der Waals surface area contributed by atoms with Crippen LogP contribution in [0.5, 0.6) is 5.75 Å². The van der Waals surface area contributed by atoms with E-state index in [9.17, 15) is 14.9 Å². The molecule has 0 aliphatic carbocycles. The van der Waals surface area contributed by atoms with E-state index in [0.29, 0.717) is 5.75 Å². The molecule has 6 nitrogen and oxygen atoms in total. The summed E-state index contributed by atoms with van der Waals surface area (Å²) in [5, 5.41) is 13.5. The Morgan fingerprint density at radius 3 is 2.70 bits per heavy atom. The average Bonchev–Trinajstić information content (AvgIpc) is 2.49. The molecule has 120 valence electrons. The number of nitrogens with zero attached hydrogens (tertiary/aromatic N) is 1. The first-order chi connectivity index (χ1) is 10.9. The molecule has 2 aromatic carbocycles. The van der Waals surface area contributed by atoms with Gasteiger partial charge in [-0.15, -0.1) is 0 Å². The van der Waals surface area contributed by atoms with E-state index in [1.807, 2.05) is 25.1 Å². The van der Waals surface area contributed by atoms with Gasteiger partial charge < -0.3 is 10.1 Å². The number of amides is 1. The fraction of sp³-hybridized carbons (Fsp3) is 0.188. The number of nitro groups is 1. The molecule has 0 saturated heterocycles. The maximum absolute atomic E-state index is 12.2. The van der Waals surface area contributed by atoms with Gasteiger partial charge in [-0.3, -0.25) is 14.9 Å². The van der Waals surface area contributed by atoms with Crippen molar-refractivity contribution in [2.24, 2.45) is 0 Å². The van der Waals surface area contributed by atoms with Gasteiger partial charge in [0.15, 0.2) is 6.10 Å². The largest absolute Gasteiger partial charge is 0.481 e. The van der Waals surface area contributed by atoms with E-state index in [-0.39, 0.29) is 16.4 Å². The summed E-state index contributed by atoms with van der Waals surface area (Å²) in [4.78, 5) is 22.4. The highest BCUT2D eigenvalue weighted by Crippen LogP contribution is 2.27. The standard InChI is InChI=1S/C16H15ClN2O4/c1-10-4-3-5-13(8-10)23-11(2)16(20)18-15-9-12(19(21)22)6-7-14(15)17/h3-9,11H,1-2H3,(H,18,20). The molecular formula is C16H15ClN2O4. The number of hydrogen-bond acceptors (Lipinski definition) is 4. The Hall–Kier alpha value is -2.60. The maximum atomic E-state index is 12.2. The number of ether oxygens (including phenoxy) is 1. The predicted molar refractivity (Wildman–Crippen MR) is 88.0 cm³/mol. The van der Waals surface area contributed by atoms with E-state index in [1.54, 1.807) is 13.0 Å². The zero-order chi connectivity index (χ0) is 17.0. The van der Waals surface area contributed by atoms with Crippen molar-refractivity contribution in [1.82, 2.24) is 0 Å². The number of nitro benzene ring substituents is 1. The number of hydrogen-bond donors (Lipinski definition) is 1. The second kappa shape index (κ2) is 7.11. The quantitative estimate of drug-likeness (QED) is 0.662. The highest BCUT2D eigenvalue weighted by molar-refractivity contribution is 6.33. The van der Waals surface area contributed by atoms with Gasteiger partial charge in [0, 0.05) is 12.1 Å². The van der Waals surface area contributed by atoms with Crippen LogP contribution in [-0.2, 0) is 4.79 Å². The highest BCUT2D eigenvalue weighted by atomic mass is 35.5. The second-order valence-corrected chi connectivity index (χ2v) is 5.39. The molecule has 0 spiro atoms. The van der Waals surface area contributed by atoms with Crippen LogP contribution in [0.15, 0.2) is 42.5 Å². The van der Waals surface area contributed by atoms with Crippen molar-refractivity contribution in [2.75, 3.05) is 5.32 Å². The monoisotopic (exact) mass is 334 g/mol. The van der Waals surface area contributed by atoms with Crippen molar-refractivity contribution in [1.29, 1.82) is 0 Å². The van der Waals surface area contributed by atoms with Crippen LogP contribution in [0.1, 0.15) is 12.5 Å². The van der Waals surface area contributed by atoms with E-state index in [0.717, 1.165) is 5.56 Å². The molecule has 0 heterocycles. The lowest BCUT2D eigenvalue weighted by atomic mass is 10.2. The number of aryl methyl sites for hydroxylation is 1. The molecule has 0 fully saturated rings.